The molecule has 1 N–H and O–H groups in total. The molecule has 0 saturated carbocycles. The molecule has 0 amide bonds. The molecule has 1 heterocycles. The zero-order chi connectivity index (χ0) is 13.7. The number of benzene rings is 1. The summed E-state index contributed by atoms with van der Waals surface area (Å²) in [5.74, 6) is -0.135. The summed E-state index contributed by atoms with van der Waals surface area (Å²) in [5, 5.41) is 5.49. The fraction of sp³-hybridized carbons (Fsp3) is 0.333. The van der Waals surface area contributed by atoms with Crippen molar-refractivity contribution < 1.29 is 4.39 Å². The number of hydrogen-bond acceptors (Lipinski definition) is 2. The largest absolute Gasteiger partial charge is 0.310 e. The predicted octanol–water partition coefficient (Wildman–Crippen LogP) is 4.93. The Hall–Kier alpha value is -0.710. The van der Waals surface area contributed by atoms with Crippen molar-refractivity contribution in [3.63, 3.8) is 0 Å². The number of halogens is 2. The van der Waals surface area contributed by atoms with Crippen molar-refractivity contribution in [2.45, 2.75) is 25.8 Å². The molecule has 1 atom stereocenters. The van der Waals surface area contributed by atoms with Crippen LogP contribution in [0.3, 0.4) is 0 Å². The van der Waals surface area contributed by atoms with Crippen molar-refractivity contribution in [2.75, 3.05) is 6.54 Å². The van der Waals surface area contributed by atoms with E-state index in [-0.39, 0.29) is 11.9 Å². The van der Waals surface area contributed by atoms with Crippen molar-refractivity contribution in [3.8, 4) is 0 Å². The van der Waals surface area contributed by atoms with Gasteiger partial charge in [0, 0.05) is 27.4 Å². The van der Waals surface area contributed by atoms with E-state index in [2.05, 4.69) is 33.6 Å². The quantitative estimate of drug-likeness (QED) is 0.785. The molecule has 19 heavy (non-hydrogen) atoms. The van der Waals surface area contributed by atoms with Crippen LogP contribution in [0, 0.1) is 5.82 Å². The first-order valence-electron chi connectivity index (χ1n) is 6.42. The summed E-state index contributed by atoms with van der Waals surface area (Å²) < 4.78 is 15.1. The Morgan fingerprint density at radius 3 is 2.74 bits per heavy atom. The van der Waals surface area contributed by atoms with Crippen molar-refractivity contribution >= 4 is 27.3 Å². The van der Waals surface area contributed by atoms with Crippen molar-refractivity contribution in [1.29, 1.82) is 0 Å². The van der Waals surface area contributed by atoms with E-state index in [0.29, 0.717) is 0 Å². The maximum absolute atomic E-state index is 13.9. The van der Waals surface area contributed by atoms with Crippen LogP contribution in [0.5, 0.6) is 0 Å². The highest BCUT2D eigenvalue weighted by atomic mass is 79.9. The second-order valence-corrected chi connectivity index (χ2v) is 6.28. The first-order chi connectivity index (χ1) is 9.22. The molecule has 0 aliphatic heterocycles. The van der Waals surface area contributed by atoms with E-state index in [1.165, 1.54) is 10.9 Å². The molecule has 1 nitrogen and oxygen atoms in total. The normalized spacial score (nSPS) is 12.6. The molecule has 2 rings (SSSR count). The first kappa shape index (κ1) is 14.7. The highest BCUT2D eigenvalue weighted by Crippen LogP contribution is 2.29. The zero-order valence-electron chi connectivity index (χ0n) is 10.8. The molecular weight excluding hydrogens is 325 g/mol. The highest BCUT2D eigenvalue weighted by Gasteiger charge is 2.17. The third-order valence-electron chi connectivity index (χ3n) is 3.00. The van der Waals surface area contributed by atoms with Crippen LogP contribution in [-0.4, -0.2) is 6.54 Å². The van der Waals surface area contributed by atoms with Crippen molar-refractivity contribution in [2.24, 2.45) is 0 Å². The lowest BCUT2D eigenvalue weighted by Gasteiger charge is -2.19. The lowest BCUT2D eigenvalue weighted by molar-refractivity contribution is 0.499. The van der Waals surface area contributed by atoms with Crippen LogP contribution < -0.4 is 5.32 Å². The topological polar surface area (TPSA) is 12.0 Å². The molecule has 0 spiro atoms. The van der Waals surface area contributed by atoms with Gasteiger partial charge in [0.05, 0.1) is 0 Å². The molecule has 4 heteroatoms. The maximum Gasteiger partial charge on any atom is 0.127 e. The lowest BCUT2D eigenvalue weighted by Crippen LogP contribution is -2.24. The first-order valence-corrected chi connectivity index (χ1v) is 8.09. The average Bonchev–Trinajstić information content (AvgIpc) is 2.81. The van der Waals surface area contributed by atoms with E-state index < -0.39 is 0 Å². The van der Waals surface area contributed by atoms with Gasteiger partial charge in [0.1, 0.15) is 5.82 Å². The van der Waals surface area contributed by atoms with Gasteiger partial charge < -0.3 is 5.32 Å². The zero-order valence-corrected chi connectivity index (χ0v) is 13.2. The van der Waals surface area contributed by atoms with Gasteiger partial charge in [-0.1, -0.05) is 25.1 Å². The molecule has 0 radical (unpaired) electrons. The second-order valence-electron chi connectivity index (χ2n) is 4.42. The summed E-state index contributed by atoms with van der Waals surface area (Å²) in [6, 6.07) is 9.08. The SMILES string of the molecule is CCCNC(Cc1sccc1Br)c1ccccc1F. The van der Waals surface area contributed by atoms with Crippen LogP contribution in [0.4, 0.5) is 4.39 Å². The van der Waals surface area contributed by atoms with Gasteiger partial charge in [0.25, 0.3) is 0 Å². The summed E-state index contributed by atoms with van der Waals surface area (Å²) in [7, 11) is 0. The molecule has 2 aromatic rings. The Bertz CT molecular complexity index is 526. The summed E-state index contributed by atoms with van der Waals surface area (Å²) in [5.41, 5.74) is 0.747. The maximum atomic E-state index is 13.9. The van der Waals surface area contributed by atoms with Gasteiger partial charge in [-0.3, -0.25) is 0 Å². The molecule has 0 fully saturated rings. The van der Waals surface area contributed by atoms with Crippen molar-refractivity contribution in [1.82, 2.24) is 5.32 Å². The minimum Gasteiger partial charge on any atom is -0.310 e. The second kappa shape index (κ2) is 7.17. The van der Waals surface area contributed by atoms with E-state index in [4.69, 9.17) is 0 Å². The van der Waals surface area contributed by atoms with E-state index in [9.17, 15) is 4.39 Å². The number of thiophene rings is 1. The van der Waals surface area contributed by atoms with Crippen LogP contribution in [0.15, 0.2) is 40.2 Å². The molecule has 102 valence electrons. The number of hydrogen-bond donors (Lipinski definition) is 1. The van der Waals surface area contributed by atoms with Crippen LogP contribution in [0.1, 0.15) is 29.8 Å². The van der Waals surface area contributed by atoms with Gasteiger partial charge in [-0.05, 0) is 46.4 Å². The molecule has 1 unspecified atom stereocenters. The number of rotatable bonds is 6. The summed E-state index contributed by atoms with van der Waals surface area (Å²) >= 11 is 5.25. The fourth-order valence-electron chi connectivity index (χ4n) is 2.02. The summed E-state index contributed by atoms with van der Waals surface area (Å²) in [6.07, 6.45) is 1.84. The minimum atomic E-state index is -0.135. The minimum absolute atomic E-state index is 0.0242. The summed E-state index contributed by atoms with van der Waals surface area (Å²) in [4.78, 5) is 1.25. The monoisotopic (exact) mass is 341 g/mol. The van der Waals surface area contributed by atoms with Crippen LogP contribution in [-0.2, 0) is 6.42 Å². The molecule has 0 aliphatic carbocycles. The Morgan fingerprint density at radius 1 is 1.32 bits per heavy atom. The van der Waals surface area contributed by atoms with Gasteiger partial charge in [0.15, 0.2) is 0 Å². The third kappa shape index (κ3) is 3.88. The molecule has 0 bridgehead atoms. The van der Waals surface area contributed by atoms with Gasteiger partial charge in [0.2, 0.25) is 0 Å². The summed E-state index contributed by atoms with van der Waals surface area (Å²) in [6.45, 7) is 3.01. The predicted molar refractivity (Wildman–Crippen MR) is 83.2 cm³/mol. The van der Waals surface area contributed by atoms with Crippen molar-refractivity contribution in [3.05, 3.63) is 56.4 Å². The van der Waals surface area contributed by atoms with Crippen LogP contribution in [0.25, 0.3) is 0 Å². The Balaban J connectivity index is 2.21. The Labute approximate surface area is 126 Å². The molecule has 1 aromatic carbocycles. The van der Waals surface area contributed by atoms with E-state index >= 15 is 0 Å². The van der Waals surface area contributed by atoms with Gasteiger partial charge >= 0.3 is 0 Å². The molecule has 1 aromatic heterocycles. The molecular formula is C15H17BrFNS. The van der Waals surface area contributed by atoms with Crippen LogP contribution in [0.2, 0.25) is 0 Å². The standard InChI is InChI=1S/C15H17BrFNS/c1-2-8-18-14(10-15-12(16)7-9-19-15)11-5-3-4-6-13(11)17/h3-7,9,14,18H,2,8,10H2,1H3. The van der Waals surface area contributed by atoms with E-state index in [1.54, 1.807) is 17.4 Å². The Kier molecular flexibility index (Phi) is 5.55. The third-order valence-corrected chi connectivity index (χ3v) is 4.95. The highest BCUT2D eigenvalue weighted by molar-refractivity contribution is 9.10. The average molecular weight is 342 g/mol. The Morgan fingerprint density at radius 2 is 2.11 bits per heavy atom. The molecule has 0 aliphatic rings. The van der Waals surface area contributed by atoms with Gasteiger partial charge in [-0.15, -0.1) is 11.3 Å². The van der Waals surface area contributed by atoms with Crippen LogP contribution >= 0.6 is 27.3 Å². The fourth-order valence-corrected chi connectivity index (χ4v) is 3.59. The van der Waals surface area contributed by atoms with E-state index in [1.807, 2.05) is 18.2 Å². The molecule has 0 saturated heterocycles. The lowest BCUT2D eigenvalue weighted by atomic mass is 10.0. The smallest absolute Gasteiger partial charge is 0.127 e. The van der Waals surface area contributed by atoms with Gasteiger partial charge in [-0.2, -0.15) is 0 Å². The van der Waals surface area contributed by atoms with Gasteiger partial charge in [-0.25, -0.2) is 4.39 Å². The number of nitrogens with one attached hydrogen (secondary N) is 1. The van der Waals surface area contributed by atoms with E-state index in [0.717, 1.165) is 29.4 Å².